The molecule has 0 saturated carbocycles. The van der Waals surface area contributed by atoms with Crippen molar-refractivity contribution in [1.82, 2.24) is 9.97 Å². The van der Waals surface area contributed by atoms with E-state index in [1.807, 2.05) is 12.1 Å². The zero-order valence-electron chi connectivity index (χ0n) is 14.1. The largest absolute Gasteiger partial charge is 4.00 e. The van der Waals surface area contributed by atoms with Gasteiger partial charge in [-0.2, -0.15) is 0 Å². The van der Waals surface area contributed by atoms with Crippen LogP contribution < -0.4 is 35.0 Å². The fourth-order valence-electron chi connectivity index (χ4n) is 2.29. The molecule has 0 unspecified atom stereocenters. The summed E-state index contributed by atoms with van der Waals surface area (Å²) in [5, 5.41) is 24.8. The number of benzene rings is 2. The summed E-state index contributed by atoms with van der Waals surface area (Å²) in [6, 6.07) is 10.8. The first-order valence-electron chi connectivity index (χ1n) is 7.19. The Hall–Kier alpha value is 0.159. The minimum absolute atomic E-state index is 0. The summed E-state index contributed by atoms with van der Waals surface area (Å²) in [7, 11) is 0. The van der Waals surface area contributed by atoms with E-state index in [9.17, 15) is 10.2 Å². The van der Waals surface area contributed by atoms with E-state index in [2.05, 4.69) is 73.7 Å². The molecule has 0 radical (unpaired) electrons. The number of aromatic nitrogens is 2. The van der Waals surface area contributed by atoms with E-state index in [-0.39, 0.29) is 60.2 Å². The van der Waals surface area contributed by atoms with Crippen molar-refractivity contribution in [3.63, 3.8) is 0 Å². The number of halogens is 6. The van der Waals surface area contributed by atoms with Crippen molar-refractivity contribution < 1.29 is 35.0 Å². The van der Waals surface area contributed by atoms with Gasteiger partial charge >= 0.3 is 23.9 Å². The van der Waals surface area contributed by atoms with Gasteiger partial charge in [0, 0.05) is 41.1 Å². The second kappa shape index (κ2) is 12.9. The zero-order valence-corrected chi connectivity index (χ0v) is 24.8. The molecule has 0 spiro atoms. The third-order valence-electron chi connectivity index (χ3n) is 3.50. The van der Waals surface area contributed by atoms with E-state index in [0.717, 1.165) is 19.7 Å². The molecular weight excluding hydrogens is 785 g/mol. The van der Waals surface area contributed by atoms with Crippen molar-refractivity contribution in [3.05, 3.63) is 66.7 Å². The number of pyridine rings is 2. The molecule has 4 nitrogen and oxygen atoms in total. The molecule has 2 aromatic heterocycles. The summed E-state index contributed by atoms with van der Waals surface area (Å²) in [6.45, 7) is 0. The Morgan fingerprint density at radius 2 is 0.966 bits per heavy atom. The van der Waals surface area contributed by atoms with Crippen LogP contribution in [0.25, 0.3) is 21.8 Å². The summed E-state index contributed by atoms with van der Waals surface area (Å²) in [4.78, 5) is 8.06. The summed E-state index contributed by atoms with van der Waals surface area (Å²) in [5.41, 5.74) is 0.979. The van der Waals surface area contributed by atoms with Gasteiger partial charge in [0.05, 0.1) is 11.0 Å². The standard InChI is InChI=1S/2C9H5Br2NO.2ClH.Sn/c2*10-6-4-7(11)9(13)8-5(6)2-1-3-12-8;;;/h2*1-4,13H;2*1H;/q;;;;+4/p-4. The maximum Gasteiger partial charge on any atom is 4.00 e. The molecule has 0 saturated heterocycles. The van der Waals surface area contributed by atoms with Crippen LogP contribution in [0.4, 0.5) is 0 Å². The van der Waals surface area contributed by atoms with Gasteiger partial charge in [-0.1, -0.05) is 87.4 Å². The fourth-order valence-corrected chi connectivity index (χ4v) is 4.84. The van der Waals surface area contributed by atoms with Crippen LogP contribution in [0.2, 0.25) is 0 Å². The van der Waals surface area contributed by atoms with Crippen molar-refractivity contribution in [2.75, 3.05) is 0 Å². The smallest absolute Gasteiger partial charge is 1.00 e. The molecule has 0 bridgehead atoms. The SMILES string of the molecule is [Cl-].[Cl-].[O-]c1c(Br)cc(Br)c2cccnc12.[O-]c1c(Br)cc(Br)c2cccnc12.[Sn+4]. The Bertz CT molecular complexity index is 1050. The molecule has 148 valence electrons. The summed E-state index contributed by atoms with van der Waals surface area (Å²) >= 11 is 13.1. The van der Waals surface area contributed by atoms with Gasteiger partial charge in [-0.05, 0) is 24.3 Å². The predicted octanol–water partition coefficient (Wildman–Crippen LogP) is -0.706. The third kappa shape index (κ3) is 6.57. The Kier molecular flexibility index (Phi) is 12.9. The van der Waals surface area contributed by atoms with Crippen molar-refractivity contribution in [2.45, 2.75) is 0 Å². The monoisotopic (exact) mass is 790 g/mol. The molecule has 4 aromatic rings. The van der Waals surface area contributed by atoms with Crippen molar-refractivity contribution in [2.24, 2.45) is 0 Å². The molecule has 0 atom stereocenters. The summed E-state index contributed by atoms with van der Waals surface area (Å²) < 4.78 is 2.82. The number of nitrogens with zero attached hydrogens (tertiary/aromatic N) is 2. The van der Waals surface area contributed by atoms with Gasteiger partial charge in [0.2, 0.25) is 0 Å². The van der Waals surface area contributed by atoms with Gasteiger partial charge in [-0.3, -0.25) is 9.97 Å². The number of hydrogen-bond acceptors (Lipinski definition) is 4. The van der Waals surface area contributed by atoms with E-state index < -0.39 is 0 Å². The van der Waals surface area contributed by atoms with E-state index in [1.165, 1.54) is 0 Å². The van der Waals surface area contributed by atoms with E-state index in [0.29, 0.717) is 20.0 Å². The molecule has 0 aliphatic carbocycles. The van der Waals surface area contributed by atoms with Crippen LogP contribution >= 0.6 is 63.7 Å². The first-order valence-corrected chi connectivity index (χ1v) is 10.4. The molecule has 4 rings (SSSR count). The van der Waals surface area contributed by atoms with Gasteiger partial charge in [0.1, 0.15) is 0 Å². The molecule has 0 fully saturated rings. The van der Waals surface area contributed by atoms with Gasteiger partial charge in [-0.25, -0.2) is 0 Å². The van der Waals surface area contributed by atoms with Crippen LogP contribution in [-0.4, -0.2) is 33.9 Å². The average Bonchev–Trinajstić information content (AvgIpc) is 2.65. The molecule has 2 heterocycles. The quantitative estimate of drug-likeness (QED) is 0.221. The molecule has 2 aromatic carbocycles. The Labute approximate surface area is 230 Å². The third-order valence-corrected chi connectivity index (χ3v) is 5.99. The van der Waals surface area contributed by atoms with Gasteiger partial charge in [-0.15, -0.1) is 0 Å². The molecule has 0 N–H and O–H groups in total. The number of fused-ring (bicyclic) bond motifs is 2. The van der Waals surface area contributed by atoms with Crippen LogP contribution in [-0.2, 0) is 0 Å². The Morgan fingerprint density at radius 3 is 1.31 bits per heavy atom. The average molecular weight is 794 g/mol. The summed E-state index contributed by atoms with van der Waals surface area (Å²) in [6.07, 6.45) is 3.23. The van der Waals surface area contributed by atoms with E-state index >= 15 is 0 Å². The van der Waals surface area contributed by atoms with Gasteiger partial charge in [0.15, 0.2) is 0 Å². The number of rotatable bonds is 0. The number of hydrogen-bond donors (Lipinski definition) is 0. The molecule has 0 aliphatic rings. The second-order valence-corrected chi connectivity index (χ2v) is 8.56. The maximum atomic E-state index is 11.6. The van der Waals surface area contributed by atoms with E-state index in [4.69, 9.17) is 0 Å². The summed E-state index contributed by atoms with van der Waals surface area (Å²) in [5.74, 6) is -0.141. The van der Waals surface area contributed by atoms with Crippen molar-refractivity contribution >= 4 is 109 Å². The van der Waals surface area contributed by atoms with Crippen LogP contribution in [0.15, 0.2) is 66.7 Å². The van der Waals surface area contributed by atoms with E-state index in [1.54, 1.807) is 36.7 Å². The van der Waals surface area contributed by atoms with Gasteiger partial charge < -0.3 is 35.0 Å². The first kappa shape index (κ1) is 29.2. The Morgan fingerprint density at radius 1 is 0.621 bits per heavy atom. The second-order valence-electron chi connectivity index (χ2n) is 5.14. The first-order chi connectivity index (χ1) is 12.4. The van der Waals surface area contributed by atoms with Crippen LogP contribution in [0.3, 0.4) is 0 Å². The van der Waals surface area contributed by atoms with Crippen LogP contribution in [0.1, 0.15) is 0 Å². The zero-order chi connectivity index (χ0) is 18.8. The normalized spacial score (nSPS) is 9.52. The minimum atomic E-state index is -0.0706. The minimum Gasteiger partial charge on any atom is -1.00 e. The topological polar surface area (TPSA) is 71.9 Å². The fraction of sp³-hybridized carbons (Fsp3) is 0. The van der Waals surface area contributed by atoms with Gasteiger partial charge in [0.25, 0.3) is 0 Å². The predicted molar refractivity (Wildman–Crippen MR) is 119 cm³/mol. The molecule has 29 heavy (non-hydrogen) atoms. The van der Waals surface area contributed by atoms with Crippen molar-refractivity contribution in [3.8, 4) is 11.5 Å². The molecule has 0 amide bonds. The maximum absolute atomic E-state index is 11.6. The van der Waals surface area contributed by atoms with Crippen LogP contribution in [0, 0.1) is 0 Å². The Balaban J connectivity index is 0.000000490. The molecular formula is C18H8Br4Cl2N2O2Sn. The molecule has 0 aliphatic heterocycles. The van der Waals surface area contributed by atoms with Crippen LogP contribution in [0.5, 0.6) is 11.5 Å². The molecule has 11 heteroatoms. The van der Waals surface area contributed by atoms with Crippen molar-refractivity contribution in [1.29, 1.82) is 0 Å².